The third-order valence-electron chi connectivity index (χ3n) is 9.25. The molecule has 2 heterocycles. The maximum Gasteiger partial charge on any atom is 0.0531 e. The highest BCUT2D eigenvalue weighted by molar-refractivity contribution is 5.83. The predicted octanol–water partition coefficient (Wildman–Crippen LogP) is 8.20. The van der Waals surface area contributed by atoms with Gasteiger partial charge >= 0.3 is 0 Å². The third-order valence-corrected chi connectivity index (χ3v) is 9.25. The molecule has 3 aliphatic rings. The van der Waals surface area contributed by atoms with E-state index in [2.05, 4.69) is 114 Å². The van der Waals surface area contributed by atoms with Crippen molar-refractivity contribution in [2.45, 2.75) is 90.1 Å². The minimum atomic E-state index is 0.0272. The van der Waals surface area contributed by atoms with Crippen molar-refractivity contribution in [2.75, 3.05) is 23.9 Å². The zero-order chi connectivity index (χ0) is 24.5. The molecular weight excluding hydrogens is 412 g/mol. The third kappa shape index (κ3) is 3.44. The van der Waals surface area contributed by atoms with Crippen molar-refractivity contribution < 1.29 is 0 Å². The SMILES string of the molecule is CC1=CC(C)(C)N(C)c2cc(C3(c4ccc5c(c4)N(C)C(C)(C)C=C5C)CCCCC3)ccc21. The summed E-state index contributed by atoms with van der Waals surface area (Å²) in [7, 11) is 4.51. The fraction of sp³-hybridized carbons (Fsp3) is 0.500. The number of rotatable bonds is 2. The van der Waals surface area contributed by atoms with Crippen LogP contribution in [0.3, 0.4) is 0 Å². The van der Waals surface area contributed by atoms with E-state index in [4.69, 9.17) is 0 Å². The second-order valence-electron chi connectivity index (χ2n) is 12.2. The summed E-state index contributed by atoms with van der Waals surface area (Å²) in [6.45, 7) is 13.8. The van der Waals surface area contributed by atoms with Crippen LogP contribution in [0.15, 0.2) is 48.6 Å². The molecule has 0 amide bonds. The summed E-state index contributed by atoms with van der Waals surface area (Å²) in [5, 5.41) is 0. The van der Waals surface area contributed by atoms with E-state index >= 15 is 0 Å². The van der Waals surface area contributed by atoms with E-state index < -0.39 is 0 Å². The van der Waals surface area contributed by atoms with Gasteiger partial charge < -0.3 is 9.80 Å². The van der Waals surface area contributed by atoms with Gasteiger partial charge in [-0.25, -0.2) is 0 Å². The molecule has 1 fully saturated rings. The lowest BCUT2D eigenvalue weighted by Crippen LogP contribution is -2.42. The minimum Gasteiger partial charge on any atom is -0.365 e. The van der Waals surface area contributed by atoms with Crippen LogP contribution in [-0.2, 0) is 5.41 Å². The Morgan fingerprint density at radius 2 is 1.03 bits per heavy atom. The zero-order valence-electron chi connectivity index (χ0n) is 22.5. The number of hydrogen-bond acceptors (Lipinski definition) is 2. The second-order valence-corrected chi connectivity index (χ2v) is 12.2. The highest BCUT2D eigenvalue weighted by Crippen LogP contribution is 2.50. The highest BCUT2D eigenvalue weighted by atomic mass is 15.2. The van der Waals surface area contributed by atoms with Crippen molar-refractivity contribution in [3.8, 4) is 0 Å². The van der Waals surface area contributed by atoms with E-state index in [1.54, 1.807) is 0 Å². The topological polar surface area (TPSA) is 6.48 Å². The van der Waals surface area contributed by atoms with E-state index in [9.17, 15) is 0 Å². The molecule has 0 bridgehead atoms. The molecular formula is C32H42N2. The molecule has 2 aromatic carbocycles. The first-order valence-corrected chi connectivity index (χ1v) is 13.1. The van der Waals surface area contributed by atoms with Crippen molar-refractivity contribution in [2.24, 2.45) is 0 Å². The highest BCUT2D eigenvalue weighted by Gasteiger charge is 2.39. The van der Waals surface area contributed by atoms with Crippen LogP contribution in [0.25, 0.3) is 11.1 Å². The van der Waals surface area contributed by atoms with Crippen LogP contribution < -0.4 is 9.80 Å². The predicted molar refractivity (Wildman–Crippen MR) is 149 cm³/mol. The fourth-order valence-corrected chi connectivity index (χ4v) is 6.81. The smallest absolute Gasteiger partial charge is 0.0531 e. The van der Waals surface area contributed by atoms with Crippen molar-refractivity contribution in [1.29, 1.82) is 0 Å². The Balaban J connectivity index is 1.67. The van der Waals surface area contributed by atoms with Crippen LogP contribution in [-0.4, -0.2) is 25.2 Å². The number of fused-ring (bicyclic) bond motifs is 2. The molecule has 0 saturated heterocycles. The van der Waals surface area contributed by atoms with E-state index in [0.29, 0.717) is 0 Å². The molecule has 0 N–H and O–H groups in total. The number of allylic oxidation sites excluding steroid dienone is 2. The molecule has 2 aliphatic heterocycles. The Morgan fingerprint density at radius 1 is 0.618 bits per heavy atom. The Labute approximate surface area is 207 Å². The van der Waals surface area contributed by atoms with E-state index in [0.717, 1.165) is 0 Å². The molecule has 2 aromatic rings. The molecule has 180 valence electrons. The normalized spacial score (nSPS) is 22.5. The first-order valence-electron chi connectivity index (χ1n) is 13.1. The lowest BCUT2D eigenvalue weighted by atomic mass is 9.64. The first-order chi connectivity index (χ1) is 16.0. The van der Waals surface area contributed by atoms with Gasteiger partial charge in [0.05, 0.1) is 11.1 Å². The lowest BCUT2D eigenvalue weighted by molar-refractivity contribution is 0.346. The van der Waals surface area contributed by atoms with Crippen LogP contribution in [0.1, 0.15) is 95.9 Å². The number of hydrogen-bond donors (Lipinski definition) is 0. The van der Waals surface area contributed by atoms with E-state index in [-0.39, 0.29) is 16.5 Å². The van der Waals surface area contributed by atoms with Crippen LogP contribution in [0.2, 0.25) is 0 Å². The van der Waals surface area contributed by atoms with Crippen molar-refractivity contribution in [3.63, 3.8) is 0 Å². The van der Waals surface area contributed by atoms with Crippen LogP contribution in [0.4, 0.5) is 11.4 Å². The van der Waals surface area contributed by atoms with Gasteiger partial charge in [-0.3, -0.25) is 0 Å². The minimum absolute atomic E-state index is 0.0272. The maximum absolute atomic E-state index is 2.52. The summed E-state index contributed by atoms with van der Waals surface area (Å²) in [5.41, 5.74) is 11.4. The molecule has 2 heteroatoms. The van der Waals surface area contributed by atoms with Crippen LogP contribution in [0, 0.1) is 0 Å². The molecule has 0 atom stereocenters. The average Bonchev–Trinajstić information content (AvgIpc) is 2.80. The summed E-state index contributed by atoms with van der Waals surface area (Å²) in [6, 6.07) is 14.7. The average molecular weight is 455 g/mol. The van der Waals surface area contributed by atoms with Gasteiger partial charge in [-0.15, -0.1) is 0 Å². The molecule has 0 aromatic heterocycles. The van der Waals surface area contributed by atoms with Gasteiger partial charge in [-0.2, -0.15) is 0 Å². The fourth-order valence-electron chi connectivity index (χ4n) is 6.81. The maximum atomic E-state index is 2.52. The van der Waals surface area contributed by atoms with Crippen molar-refractivity contribution in [1.82, 2.24) is 0 Å². The van der Waals surface area contributed by atoms with Gasteiger partial charge in [0.25, 0.3) is 0 Å². The van der Waals surface area contributed by atoms with Crippen LogP contribution in [0.5, 0.6) is 0 Å². The molecule has 1 saturated carbocycles. The Kier molecular flexibility index (Phi) is 5.32. The van der Waals surface area contributed by atoms with Gasteiger partial charge in [0.15, 0.2) is 0 Å². The van der Waals surface area contributed by atoms with Gasteiger partial charge in [-0.1, -0.05) is 55.7 Å². The van der Waals surface area contributed by atoms with Gasteiger partial charge in [0, 0.05) is 42.0 Å². The second kappa shape index (κ2) is 7.77. The molecule has 1 aliphatic carbocycles. The van der Waals surface area contributed by atoms with Crippen molar-refractivity contribution >= 4 is 22.5 Å². The summed E-state index contributed by atoms with van der Waals surface area (Å²) < 4.78 is 0. The summed E-state index contributed by atoms with van der Waals surface area (Å²) in [5.74, 6) is 0. The summed E-state index contributed by atoms with van der Waals surface area (Å²) >= 11 is 0. The summed E-state index contributed by atoms with van der Waals surface area (Å²) in [6.07, 6.45) is 11.2. The monoisotopic (exact) mass is 454 g/mol. The zero-order valence-corrected chi connectivity index (χ0v) is 22.5. The molecule has 5 rings (SSSR count). The van der Waals surface area contributed by atoms with E-state index in [1.807, 2.05) is 0 Å². The molecule has 34 heavy (non-hydrogen) atoms. The standard InChI is InChI=1S/C32H42N2/c1-22-20-30(3,4)33(7)28-18-24(12-14-26(22)28)32(16-10-9-11-17-32)25-13-15-27-23(2)21-31(5,6)34(8)29(27)19-25/h12-15,18-21H,9-11,16-17H2,1-8H3. The van der Waals surface area contributed by atoms with Crippen LogP contribution >= 0.6 is 0 Å². The van der Waals surface area contributed by atoms with Gasteiger partial charge in [0.2, 0.25) is 0 Å². The number of benzene rings is 2. The van der Waals surface area contributed by atoms with Gasteiger partial charge in [0.1, 0.15) is 0 Å². The van der Waals surface area contributed by atoms with Gasteiger partial charge in [-0.05, 0) is 88.8 Å². The Morgan fingerprint density at radius 3 is 1.44 bits per heavy atom. The quantitative estimate of drug-likeness (QED) is 0.451. The Hall–Kier alpha value is -2.48. The molecule has 2 nitrogen and oxygen atoms in total. The number of likely N-dealkylation sites (N-methyl/N-ethyl adjacent to an activating group) is 2. The van der Waals surface area contributed by atoms with E-state index in [1.165, 1.54) is 76.9 Å². The first kappa shape index (κ1) is 23.3. The lowest BCUT2D eigenvalue weighted by Gasteiger charge is -2.44. The number of anilines is 2. The molecule has 0 radical (unpaired) electrons. The number of nitrogens with zero attached hydrogens (tertiary/aromatic N) is 2. The molecule has 0 spiro atoms. The van der Waals surface area contributed by atoms with Crippen molar-refractivity contribution in [3.05, 3.63) is 70.8 Å². The summed E-state index contributed by atoms with van der Waals surface area (Å²) in [4.78, 5) is 4.93. The largest absolute Gasteiger partial charge is 0.365 e. The Bertz CT molecular complexity index is 1100. The molecule has 0 unspecified atom stereocenters.